The summed E-state index contributed by atoms with van der Waals surface area (Å²) in [6, 6.07) is 0. The predicted molar refractivity (Wildman–Crippen MR) is 55.9 cm³/mol. The molecular weight excluding hydrogens is 160 g/mol. The van der Waals surface area contributed by atoms with Crippen LogP contribution in [0.3, 0.4) is 0 Å². The van der Waals surface area contributed by atoms with E-state index in [1.807, 2.05) is 12.5 Å². The van der Waals surface area contributed by atoms with Crippen molar-refractivity contribution in [1.29, 1.82) is 0 Å². The molecule has 1 aromatic rings. The number of aromatic nitrogens is 2. The number of rotatable bonds is 2. The molecule has 2 heteroatoms. The van der Waals surface area contributed by atoms with E-state index in [4.69, 9.17) is 0 Å². The zero-order chi connectivity index (χ0) is 10.1. The van der Waals surface area contributed by atoms with Crippen LogP contribution in [-0.4, -0.2) is 9.55 Å². The fraction of sp³-hybridized carbons (Fsp3) is 0.727. The average molecular weight is 180 g/mol. The molecule has 0 saturated heterocycles. The number of nitrogens with zero attached hydrogens (tertiary/aromatic N) is 2. The molecule has 1 atom stereocenters. The monoisotopic (exact) mass is 180 g/mol. The molecule has 0 bridgehead atoms. The van der Waals surface area contributed by atoms with E-state index in [1.165, 1.54) is 12.1 Å². The second-order valence-electron chi connectivity index (χ2n) is 4.67. The van der Waals surface area contributed by atoms with Crippen molar-refractivity contribution >= 4 is 0 Å². The molecule has 2 nitrogen and oxygen atoms in total. The van der Waals surface area contributed by atoms with E-state index in [0.29, 0.717) is 5.92 Å². The Bertz CT molecular complexity index is 268. The lowest BCUT2D eigenvalue weighted by Gasteiger charge is -2.25. The van der Waals surface area contributed by atoms with E-state index < -0.39 is 0 Å². The Balaban J connectivity index is 3.03. The zero-order valence-corrected chi connectivity index (χ0v) is 9.33. The summed E-state index contributed by atoms with van der Waals surface area (Å²) < 4.78 is 2.27. The van der Waals surface area contributed by atoms with Crippen LogP contribution in [0.15, 0.2) is 12.5 Å². The molecule has 0 aliphatic heterocycles. The molecule has 0 amide bonds. The van der Waals surface area contributed by atoms with Crippen molar-refractivity contribution in [2.24, 2.45) is 0 Å². The molecule has 0 spiro atoms. The topological polar surface area (TPSA) is 17.8 Å². The lowest BCUT2D eigenvalue weighted by atomic mass is 10.0. The van der Waals surface area contributed by atoms with Gasteiger partial charge in [-0.1, -0.05) is 13.8 Å². The van der Waals surface area contributed by atoms with Crippen LogP contribution in [0.1, 0.15) is 52.7 Å². The smallest absolute Gasteiger partial charge is 0.0953 e. The van der Waals surface area contributed by atoms with E-state index in [1.54, 1.807) is 0 Å². The third-order valence-corrected chi connectivity index (χ3v) is 2.51. The highest BCUT2D eigenvalue weighted by Crippen LogP contribution is 2.24. The molecule has 1 rings (SSSR count). The summed E-state index contributed by atoms with van der Waals surface area (Å²) in [4.78, 5) is 4.22. The van der Waals surface area contributed by atoms with Gasteiger partial charge in [0.2, 0.25) is 0 Å². The zero-order valence-electron chi connectivity index (χ0n) is 9.33. The molecule has 13 heavy (non-hydrogen) atoms. The summed E-state index contributed by atoms with van der Waals surface area (Å²) in [6.45, 7) is 11.1. The van der Waals surface area contributed by atoms with E-state index >= 15 is 0 Å². The first-order valence-electron chi connectivity index (χ1n) is 4.99. The highest BCUT2D eigenvalue weighted by atomic mass is 15.1. The normalized spacial score (nSPS) is 14.5. The quantitative estimate of drug-likeness (QED) is 0.683. The van der Waals surface area contributed by atoms with Gasteiger partial charge in [0.25, 0.3) is 0 Å². The van der Waals surface area contributed by atoms with Crippen molar-refractivity contribution in [2.45, 2.75) is 52.5 Å². The summed E-state index contributed by atoms with van der Waals surface area (Å²) in [7, 11) is 0. The second-order valence-corrected chi connectivity index (χ2v) is 4.67. The summed E-state index contributed by atoms with van der Waals surface area (Å²) in [5.74, 6) is 0.599. The minimum absolute atomic E-state index is 0.148. The van der Waals surface area contributed by atoms with Crippen LogP contribution in [-0.2, 0) is 5.54 Å². The van der Waals surface area contributed by atoms with Crippen molar-refractivity contribution in [2.75, 3.05) is 0 Å². The predicted octanol–water partition coefficient (Wildman–Crippen LogP) is 3.15. The number of hydrogen-bond acceptors (Lipinski definition) is 1. The third-order valence-electron chi connectivity index (χ3n) is 2.51. The molecule has 74 valence electrons. The van der Waals surface area contributed by atoms with E-state index in [9.17, 15) is 0 Å². The van der Waals surface area contributed by atoms with Gasteiger partial charge in [-0.15, -0.1) is 0 Å². The van der Waals surface area contributed by atoms with E-state index in [2.05, 4.69) is 44.2 Å². The van der Waals surface area contributed by atoms with Crippen molar-refractivity contribution in [3.05, 3.63) is 18.2 Å². The summed E-state index contributed by atoms with van der Waals surface area (Å²) >= 11 is 0. The maximum absolute atomic E-state index is 4.22. The lowest BCUT2D eigenvalue weighted by Crippen LogP contribution is -2.23. The van der Waals surface area contributed by atoms with E-state index in [0.717, 1.165) is 0 Å². The molecular formula is C11H20N2. The highest BCUT2D eigenvalue weighted by molar-refractivity contribution is 5.07. The van der Waals surface area contributed by atoms with Gasteiger partial charge >= 0.3 is 0 Å². The molecule has 0 aromatic carbocycles. The molecule has 0 saturated carbocycles. The van der Waals surface area contributed by atoms with Gasteiger partial charge in [-0.25, -0.2) is 4.98 Å². The van der Waals surface area contributed by atoms with Gasteiger partial charge in [0, 0.05) is 17.4 Å². The van der Waals surface area contributed by atoms with Gasteiger partial charge in [0.15, 0.2) is 0 Å². The number of imidazole rings is 1. The van der Waals surface area contributed by atoms with Gasteiger partial charge in [-0.05, 0) is 33.1 Å². The van der Waals surface area contributed by atoms with Gasteiger partial charge in [0.1, 0.15) is 0 Å². The van der Waals surface area contributed by atoms with Gasteiger partial charge in [-0.3, -0.25) is 0 Å². The molecule has 0 N–H and O–H groups in total. The summed E-state index contributed by atoms with van der Waals surface area (Å²) in [5.41, 5.74) is 1.49. The van der Waals surface area contributed by atoms with E-state index in [-0.39, 0.29) is 5.54 Å². The summed E-state index contributed by atoms with van der Waals surface area (Å²) in [6.07, 6.45) is 5.09. The second kappa shape index (κ2) is 3.52. The summed E-state index contributed by atoms with van der Waals surface area (Å²) in [5, 5.41) is 0. The van der Waals surface area contributed by atoms with Crippen molar-refractivity contribution in [1.82, 2.24) is 9.55 Å². The molecule has 0 aliphatic rings. The fourth-order valence-corrected chi connectivity index (χ4v) is 1.44. The molecule has 1 aromatic heterocycles. The first-order valence-corrected chi connectivity index (χ1v) is 4.99. The Kier molecular flexibility index (Phi) is 2.79. The average Bonchev–Trinajstić information content (AvgIpc) is 2.49. The Morgan fingerprint density at radius 2 is 2.08 bits per heavy atom. The Morgan fingerprint density at radius 3 is 2.54 bits per heavy atom. The van der Waals surface area contributed by atoms with Crippen LogP contribution in [0, 0.1) is 0 Å². The molecule has 0 radical (unpaired) electrons. The highest BCUT2D eigenvalue weighted by Gasteiger charge is 2.18. The molecule has 0 aliphatic carbocycles. The largest absolute Gasteiger partial charge is 0.329 e. The first kappa shape index (κ1) is 10.3. The Morgan fingerprint density at radius 1 is 1.46 bits per heavy atom. The van der Waals surface area contributed by atoms with Crippen LogP contribution in [0.2, 0.25) is 0 Å². The van der Waals surface area contributed by atoms with Gasteiger partial charge < -0.3 is 4.57 Å². The van der Waals surface area contributed by atoms with Crippen LogP contribution in [0.4, 0.5) is 0 Å². The lowest BCUT2D eigenvalue weighted by molar-refractivity contribution is 0.376. The Labute approximate surface area is 81.0 Å². The first-order chi connectivity index (χ1) is 5.96. The van der Waals surface area contributed by atoms with Gasteiger partial charge in [-0.2, -0.15) is 0 Å². The fourth-order valence-electron chi connectivity index (χ4n) is 1.44. The van der Waals surface area contributed by atoms with Crippen molar-refractivity contribution in [3.63, 3.8) is 0 Å². The standard InChI is InChI=1S/C11H20N2/c1-6-9(2)10-7-12-8-13(10)11(3,4)5/h7-9H,6H2,1-5H3. The SMILES string of the molecule is CCC(C)c1cncn1C(C)(C)C. The Hall–Kier alpha value is -0.790. The molecule has 1 heterocycles. The van der Waals surface area contributed by atoms with Crippen molar-refractivity contribution in [3.8, 4) is 0 Å². The van der Waals surface area contributed by atoms with Crippen LogP contribution >= 0.6 is 0 Å². The third kappa shape index (κ3) is 2.11. The van der Waals surface area contributed by atoms with Crippen LogP contribution in [0.5, 0.6) is 0 Å². The van der Waals surface area contributed by atoms with Crippen molar-refractivity contribution < 1.29 is 0 Å². The maximum atomic E-state index is 4.22. The minimum Gasteiger partial charge on any atom is -0.329 e. The number of hydrogen-bond donors (Lipinski definition) is 0. The van der Waals surface area contributed by atoms with Crippen LogP contribution in [0.25, 0.3) is 0 Å². The molecule has 0 fully saturated rings. The molecule has 1 unspecified atom stereocenters. The van der Waals surface area contributed by atoms with Gasteiger partial charge in [0.05, 0.1) is 6.33 Å². The van der Waals surface area contributed by atoms with Crippen LogP contribution < -0.4 is 0 Å². The minimum atomic E-state index is 0.148. The maximum Gasteiger partial charge on any atom is 0.0953 e.